The number of morpholine rings is 1. The number of benzene rings is 1. The van der Waals surface area contributed by atoms with Crippen LogP contribution in [-0.4, -0.2) is 49.8 Å². The average molecular weight is 342 g/mol. The Hall–Kier alpha value is -2.16. The summed E-state index contributed by atoms with van der Waals surface area (Å²) in [4.78, 5) is 6.87. The second-order valence-electron chi connectivity index (χ2n) is 5.76. The van der Waals surface area contributed by atoms with Crippen molar-refractivity contribution >= 4 is 11.3 Å². The third-order valence-electron chi connectivity index (χ3n) is 3.96. The maximum atomic E-state index is 5.89. The van der Waals surface area contributed by atoms with Gasteiger partial charge in [0.25, 0.3) is 0 Å². The summed E-state index contributed by atoms with van der Waals surface area (Å²) in [5.41, 5.74) is 2.02. The van der Waals surface area contributed by atoms with Crippen molar-refractivity contribution in [1.29, 1.82) is 0 Å². The highest BCUT2D eigenvalue weighted by Crippen LogP contribution is 2.25. The molecule has 0 radical (unpaired) electrons. The number of ether oxygens (including phenoxy) is 1. The van der Waals surface area contributed by atoms with Crippen LogP contribution in [0.2, 0.25) is 0 Å². The molecule has 2 aromatic heterocycles. The molecule has 1 aliphatic rings. The first-order chi connectivity index (χ1) is 11.8. The van der Waals surface area contributed by atoms with Gasteiger partial charge in [0.2, 0.25) is 0 Å². The van der Waals surface area contributed by atoms with Crippen molar-refractivity contribution in [3.8, 4) is 5.69 Å². The zero-order valence-electron chi connectivity index (χ0n) is 13.4. The smallest absolute Gasteiger partial charge is 0.170 e. The molecule has 4 rings (SSSR count). The Morgan fingerprint density at radius 3 is 2.96 bits per heavy atom. The Balaban J connectivity index is 1.49. The van der Waals surface area contributed by atoms with Gasteiger partial charge in [0.15, 0.2) is 5.82 Å². The van der Waals surface area contributed by atoms with Crippen LogP contribution in [0.5, 0.6) is 0 Å². The van der Waals surface area contributed by atoms with Crippen LogP contribution < -0.4 is 0 Å². The van der Waals surface area contributed by atoms with E-state index in [-0.39, 0.29) is 6.10 Å². The lowest BCUT2D eigenvalue weighted by molar-refractivity contribution is -0.0339. The Kier molecular flexibility index (Phi) is 4.33. The molecule has 124 valence electrons. The molecule has 1 aromatic carbocycles. The Morgan fingerprint density at radius 2 is 2.17 bits per heavy atom. The minimum Gasteiger partial charge on any atom is -0.368 e. The molecule has 0 unspecified atom stereocenters. The summed E-state index contributed by atoms with van der Waals surface area (Å²) in [7, 11) is 0. The Bertz CT molecular complexity index is 802. The highest BCUT2D eigenvalue weighted by Gasteiger charge is 2.25. The molecule has 3 aromatic rings. The van der Waals surface area contributed by atoms with Crippen molar-refractivity contribution in [3.63, 3.8) is 0 Å². The second kappa shape index (κ2) is 6.76. The maximum Gasteiger partial charge on any atom is 0.170 e. The summed E-state index contributed by atoms with van der Waals surface area (Å²) in [6.07, 6.45) is 0.0264. The molecule has 1 aliphatic heterocycles. The molecule has 0 amide bonds. The predicted octanol–water partition coefficient (Wildman–Crippen LogP) is 2.00. The van der Waals surface area contributed by atoms with Gasteiger partial charge in [-0.25, -0.2) is 4.98 Å². The monoisotopic (exact) mass is 342 g/mol. The molecule has 8 heteroatoms. The lowest BCUT2D eigenvalue weighted by Crippen LogP contribution is -2.38. The van der Waals surface area contributed by atoms with Gasteiger partial charge in [0.05, 0.1) is 18.8 Å². The van der Waals surface area contributed by atoms with E-state index >= 15 is 0 Å². The van der Waals surface area contributed by atoms with E-state index in [0.29, 0.717) is 13.2 Å². The first-order valence-corrected chi connectivity index (χ1v) is 8.76. The predicted molar refractivity (Wildman–Crippen MR) is 90.0 cm³/mol. The number of para-hydroxylation sites is 1. The van der Waals surface area contributed by atoms with Crippen LogP contribution in [0.25, 0.3) is 5.69 Å². The molecule has 1 fully saturated rings. The molecule has 1 atom stereocenters. The summed E-state index contributed by atoms with van der Waals surface area (Å²) >= 11 is 1.66. The molecule has 1 saturated heterocycles. The largest absolute Gasteiger partial charge is 0.368 e. The van der Waals surface area contributed by atoms with Gasteiger partial charge in [-0.3, -0.25) is 4.90 Å². The number of thiazole rings is 1. The van der Waals surface area contributed by atoms with E-state index in [4.69, 9.17) is 4.74 Å². The van der Waals surface area contributed by atoms with E-state index in [1.165, 1.54) is 0 Å². The fraction of sp³-hybridized carbons (Fsp3) is 0.375. The van der Waals surface area contributed by atoms with Crippen molar-refractivity contribution in [3.05, 3.63) is 52.2 Å². The SMILES string of the molecule is Cc1csc([C@@H]2CN(Cc3nnnn3-c3ccccc3)CCO2)n1. The van der Waals surface area contributed by atoms with Crippen molar-refractivity contribution in [1.82, 2.24) is 30.1 Å². The first-order valence-electron chi connectivity index (χ1n) is 7.88. The molecule has 3 heterocycles. The summed E-state index contributed by atoms with van der Waals surface area (Å²) in [5, 5.41) is 15.3. The van der Waals surface area contributed by atoms with Gasteiger partial charge in [-0.05, 0) is 29.5 Å². The average Bonchev–Trinajstić information content (AvgIpc) is 3.25. The van der Waals surface area contributed by atoms with E-state index in [1.807, 2.05) is 37.3 Å². The number of nitrogens with zero attached hydrogens (tertiary/aromatic N) is 6. The van der Waals surface area contributed by atoms with E-state index < -0.39 is 0 Å². The van der Waals surface area contributed by atoms with Crippen LogP contribution in [0.3, 0.4) is 0 Å². The Labute approximate surface area is 143 Å². The van der Waals surface area contributed by atoms with E-state index in [1.54, 1.807) is 16.0 Å². The third kappa shape index (κ3) is 3.21. The van der Waals surface area contributed by atoms with Gasteiger partial charge < -0.3 is 4.74 Å². The standard InChI is InChI=1S/C16H18N6OS/c1-12-11-24-16(17-12)14-9-21(7-8-23-14)10-15-18-19-20-22(15)13-5-3-2-4-6-13/h2-6,11,14H,7-10H2,1H3/t14-/m0/s1. The third-order valence-corrected chi connectivity index (χ3v) is 5.02. The molecule has 0 saturated carbocycles. The van der Waals surface area contributed by atoms with Crippen molar-refractivity contribution < 1.29 is 4.74 Å². The summed E-state index contributed by atoms with van der Waals surface area (Å²) in [6, 6.07) is 9.95. The fourth-order valence-electron chi connectivity index (χ4n) is 2.79. The zero-order chi connectivity index (χ0) is 16.4. The van der Waals surface area contributed by atoms with Crippen LogP contribution in [0.15, 0.2) is 35.7 Å². The highest BCUT2D eigenvalue weighted by atomic mass is 32.1. The van der Waals surface area contributed by atoms with Crippen molar-refractivity contribution in [2.45, 2.75) is 19.6 Å². The number of hydrogen-bond acceptors (Lipinski definition) is 7. The topological polar surface area (TPSA) is 69.0 Å². The molecule has 24 heavy (non-hydrogen) atoms. The quantitative estimate of drug-likeness (QED) is 0.722. The van der Waals surface area contributed by atoms with E-state index in [9.17, 15) is 0 Å². The summed E-state index contributed by atoms with van der Waals surface area (Å²) in [5.74, 6) is 0.831. The molecule has 0 bridgehead atoms. The van der Waals surface area contributed by atoms with E-state index in [2.05, 4.69) is 30.8 Å². The van der Waals surface area contributed by atoms with Gasteiger partial charge in [-0.2, -0.15) is 4.68 Å². The molecule has 0 aliphatic carbocycles. The minimum atomic E-state index is 0.0264. The lowest BCUT2D eigenvalue weighted by Gasteiger charge is -2.31. The summed E-state index contributed by atoms with van der Waals surface area (Å²) < 4.78 is 7.68. The van der Waals surface area contributed by atoms with Gasteiger partial charge in [-0.1, -0.05) is 18.2 Å². The number of rotatable bonds is 4. The highest BCUT2D eigenvalue weighted by molar-refractivity contribution is 7.09. The number of aryl methyl sites for hydroxylation is 1. The number of hydrogen-bond donors (Lipinski definition) is 0. The lowest BCUT2D eigenvalue weighted by atomic mass is 10.2. The van der Waals surface area contributed by atoms with Crippen LogP contribution in [-0.2, 0) is 11.3 Å². The van der Waals surface area contributed by atoms with Crippen LogP contribution in [0.1, 0.15) is 22.6 Å². The van der Waals surface area contributed by atoms with Gasteiger partial charge >= 0.3 is 0 Å². The van der Waals surface area contributed by atoms with Crippen molar-refractivity contribution in [2.24, 2.45) is 0 Å². The number of tetrazole rings is 1. The van der Waals surface area contributed by atoms with Crippen LogP contribution in [0.4, 0.5) is 0 Å². The second-order valence-corrected chi connectivity index (χ2v) is 6.65. The first kappa shape index (κ1) is 15.4. The molecule has 7 nitrogen and oxygen atoms in total. The minimum absolute atomic E-state index is 0.0264. The van der Waals surface area contributed by atoms with Gasteiger partial charge in [0, 0.05) is 24.2 Å². The Morgan fingerprint density at radius 1 is 1.29 bits per heavy atom. The molecular weight excluding hydrogens is 324 g/mol. The van der Waals surface area contributed by atoms with Gasteiger partial charge in [-0.15, -0.1) is 16.4 Å². The number of aromatic nitrogens is 5. The van der Waals surface area contributed by atoms with Crippen LogP contribution >= 0.6 is 11.3 Å². The maximum absolute atomic E-state index is 5.89. The molecular formula is C16H18N6OS. The van der Waals surface area contributed by atoms with Gasteiger partial charge in [0.1, 0.15) is 11.1 Å². The molecule has 0 spiro atoms. The normalized spacial score (nSPS) is 18.8. The fourth-order valence-corrected chi connectivity index (χ4v) is 3.62. The van der Waals surface area contributed by atoms with E-state index in [0.717, 1.165) is 35.3 Å². The van der Waals surface area contributed by atoms with Crippen molar-refractivity contribution in [2.75, 3.05) is 19.7 Å². The zero-order valence-corrected chi connectivity index (χ0v) is 14.2. The summed E-state index contributed by atoms with van der Waals surface area (Å²) in [6.45, 7) is 5.05. The molecule has 0 N–H and O–H groups in total. The van der Waals surface area contributed by atoms with Crippen LogP contribution in [0, 0.1) is 6.92 Å².